The highest BCUT2D eigenvalue weighted by Crippen LogP contribution is 2.00. The number of nitrogens with two attached hydrogens (primary N) is 1. The maximum Gasteiger partial charge on any atom is 0.331 e. The van der Waals surface area contributed by atoms with E-state index in [2.05, 4.69) is 5.32 Å². The van der Waals surface area contributed by atoms with Crippen LogP contribution in [0.2, 0.25) is 0 Å². The number of esters is 1. The third kappa shape index (κ3) is 7.05. The molecule has 0 radical (unpaired) electrons. The van der Waals surface area contributed by atoms with Crippen LogP contribution in [0, 0.1) is 0 Å². The van der Waals surface area contributed by atoms with E-state index in [1.54, 1.807) is 0 Å². The van der Waals surface area contributed by atoms with E-state index >= 15 is 0 Å². The molecule has 0 aliphatic rings. The number of rotatable bonds is 9. The number of hydrogen-bond donors (Lipinski definition) is 4. The standard InChI is InChI=1S/C12H22N2O6/c1-3-4-5-20-12(19)10(7(2)15)14-11(18)8(13)6-9(16)17/h7-8,10,15H,3-6,13H2,1-2H3,(H,14,18)(H,16,17)/t7-,8-,10+/m0/s1. The summed E-state index contributed by atoms with van der Waals surface area (Å²) >= 11 is 0. The van der Waals surface area contributed by atoms with Crippen LogP contribution >= 0.6 is 0 Å². The molecule has 0 fully saturated rings. The number of hydrogen-bond acceptors (Lipinski definition) is 6. The van der Waals surface area contributed by atoms with Gasteiger partial charge >= 0.3 is 11.9 Å². The first-order chi connectivity index (χ1) is 9.29. The van der Waals surface area contributed by atoms with Crippen LogP contribution in [-0.4, -0.2) is 52.9 Å². The molecule has 0 spiro atoms. The molecule has 0 unspecified atom stereocenters. The number of carboxylic acid groups (broad SMARTS) is 1. The topological polar surface area (TPSA) is 139 Å². The second kappa shape index (κ2) is 9.27. The average molecular weight is 290 g/mol. The Labute approximate surface area is 117 Å². The highest BCUT2D eigenvalue weighted by atomic mass is 16.5. The van der Waals surface area contributed by atoms with Gasteiger partial charge in [-0.1, -0.05) is 13.3 Å². The Morgan fingerprint density at radius 2 is 1.95 bits per heavy atom. The van der Waals surface area contributed by atoms with Gasteiger partial charge in [-0.25, -0.2) is 4.79 Å². The van der Waals surface area contributed by atoms with Crippen molar-refractivity contribution < 1.29 is 29.3 Å². The number of nitrogens with one attached hydrogen (secondary N) is 1. The first-order valence-electron chi connectivity index (χ1n) is 6.42. The second-order valence-corrected chi connectivity index (χ2v) is 4.45. The second-order valence-electron chi connectivity index (χ2n) is 4.45. The average Bonchev–Trinajstić information content (AvgIpc) is 2.34. The minimum absolute atomic E-state index is 0.190. The first-order valence-corrected chi connectivity index (χ1v) is 6.42. The van der Waals surface area contributed by atoms with Gasteiger partial charge in [-0.15, -0.1) is 0 Å². The maximum absolute atomic E-state index is 11.7. The Kier molecular flexibility index (Phi) is 8.49. The van der Waals surface area contributed by atoms with Crippen molar-refractivity contribution in [3.8, 4) is 0 Å². The Morgan fingerprint density at radius 1 is 1.35 bits per heavy atom. The molecular formula is C12H22N2O6. The SMILES string of the molecule is CCCCOC(=O)[C@H](NC(=O)[C@@H](N)CC(=O)O)[C@H](C)O. The lowest BCUT2D eigenvalue weighted by molar-refractivity contribution is -0.151. The molecule has 3 atom stereocenters. The van der Waals surface area contributed by atoms with Crippen molar-refractivity contribution in [3.05, 3.63) is 0 Å². The highest BCUT2D eigenvalue weighted by Gasteiger charge is 2.29. The van der Waals surface area contributed by atoms with Crippen LogP contribution in [0.5, 0.6) is 0 Å². The van der Waals surface area contributed by atoms with Crippen molar-refractivity contribution in [2.75, 3.05) is 6.61 Å². The molecule has 0 aromatic heterocycles. The van der Waals surface area contributed by atoms with Gasteiger partial charge in [0.15, 0.2) is 6.04 Å². The molecule has 0 aliphatic carbocycles. The number of carbonyl (C=O) groups excluding carboxylic acids is 2. The summed E-state index contributed by atoms with van der Waals surface area (Å²) in [6, 6.07) is -2.56. The van der Waals surface area contributed by atoms with Crippen molar-refractivity contribution in [1.29, 1.82) is 0 Å². The zero-order valence-electron chi connectivity index (χ0n) is 11.7. The summed E-state index contributed by atoms with van der Waals surface area (Å²) in [7, 11) is 0. The van der Waals surface area contributed by atoms with Crippen molar-refractivity contribution in [1.82, 2.24) is 5.32 Å². The van der Waals surface area contributed by atoms with Gasteiger partial charge in [-0.2, -0.15) is 0 Å². The van der Waals surface area contributed by atoms with E-state index in [1.165, 1.54) is 6.92 Å². The van der Waals surface area contributed by atoms with Gasteiger partial charge in [0.1, 0.15) is 0 Å². The van der Waals surface area contributed by atoms with E-state index in [0.717, 1.165) is 6.42 Å². The number of carboxylic acids is 1. The van der Waals surface area contributed by atoms with E-state index in [1.807, 2.05) is 6.92 Å². The van der Waals surface area contributed by atoms with Gasteiger partial charge in [0, 0.05) is 0 Å². The summed E-state index contributed by atoms with van der Waals surface area (Å²) in [4.78, 5) is 33.7. The lowest BCUT2D eigenvalue weighted by Crippen LogP contribution is -2.53. The van der Waals surface area contributed by atoms with E-state index < -0.39 is 42.5 Å². The predicted octanol–water partition coefficient (Wildman–Crippen LogP) is -1.00. The summed E-state index contributed by atoms with van der Waals surface area (Å²) in [6.45, 7) is 3.43. The molecule has 5 N–H and O–H groups in total. The van der Waals surface area contributed by atoms with Crippen LogP contribution in [0.25, 0.3) is 0 Å². The molecule has 116 valence electrons. The molecular weight excluding hydrogens is 268 g/mol. The molecule has 0 aromatic rings. The van der Waals surface area contributed by atoms with Crippen molar-refractivity contribution in [2.45, 2.75) is 51.3 Å². The van der Waals surface area contributed by atoms with Crippen molar-refractivity contribution in [3.63, 3.8) is 0 Å². The van der Waals surface area contributed by atoms with Gasteiger partial charge in [0.05, 0.1) is 25.2 Å². The molecule has 20 heavy (non-hydrogen) atoms. The van der Waals surface area contributed by atoms with Gasteiger partial charge in [-0.05, 0) is 13.3 Å². The van der Waals surface area contributed by atoms with Crippen LogP contribution in [-0.2, 0) is 19.1 Å². The Balaban J connectivity index is 4.49. The molecule has 0 aliphatic heterocycles. The summed E-state index contributed by atoms with van der Waals surface area (Å²) in [5.41, 5.74) is 5.36. The van der Waals surface area contributed by atoms with E-state index in [-0.39, 0.29) is 6.61 Å². The van der Waals surface area contributed by atoms with Gasteiger partial charge in [0.25, 0.3) is 0 Å². The fourth-order valence-corrected chi connectivity index (χ4v) is 1.32. The number of unbranched alkanes of at least 4 members (excludes halogenated alkanes) is 1. The quantitative estimate of drug-likeness (QED) is 0.315. The van der Waals surface area contributed by atoms with Gasteiger partial charge < -0.3 is 26.0 Å². The van der Waals surface area contributed by atoms with Crippen LogP contribution in [0.4, 0.5) is 0 Å². The molecule has 0 heterocycles. The monoisotopic (exact) mass is 290 g/mol. The number of aliphatic hydroxyl groups excluding tert-OH is 1. The number of carbonyl (C=O) groups is 3. The molecule has 0 saturated heterocycles. The minimum Gasteiger partial charge on any atom is -0.481 e. The normalized spacial score (nSPS) is 15.0. The summed E-state index contributed by atoms with van der Waals surface area (Å²) in [6.07, 6.45) is -0.235. The lowest BCUT2D eigenvalue weighted by atomic mass is 10.1. The Morgan fingerprint density at radius 3 is 2.40 bits per heavy atom. The smallest absolute Gasteiger partial charge is 0.331 e. The molecule has 0 rings (SSSR count). The zero-order valence-corrected chi connectivity index (χ0v) is 11.7. The number of amides is 1. The molecule has 1 amide bonds. The van der Waals surface area contributed by atoms with Crippen molar-refractivity contribution in [2.24, 2.45) is 5.73 Å². The van der Waals surface area contributed by atoms with Crippen LogP contribution in [0.3, 0.4) is 0 Å². The third-order valence-electron chi connectivity index (χ3n) is 2.51. The largest absolute Gasteiger partial charge is 0.481 e. The highest BCUT2D eigenvalue weighted by molar-refractivity contribution is 5.90. The van der Waals surface area contributed by atoms with Crippen LogP contribution in [0.15, 0.2) is 0 Å². The van der Waals surface area contributed by atoms with Gasteiger partial charge in [-0.3, -0.25) is 9.59 Å². The van der Waals surface area contributed by atoms with Gasteiger partial charge in [0.2, 0.25) is 5.91 Å². The number of aliphatic carboxylic acids is 1. The van der Waals surface area contributed by atoms with E-state index in [0.29, 0.717) is 6.42 Å². The summed E-state index contributed by atoms with van der Waals surface area (Å²) in [5.74, 6) is -2.83. The summed E-state index contributed by atoms with van der Waals surface area (Å²) < 4.78 is 4.90. The van der Waals surface area contributed by atoms with Crippen molar-refractivity contribution >= 4 is 17.8 Å². The Bertz CT molecular complexity index is 345. The predicted molar refractivity (Wildman–Crippen MR) is 69.7 cm³/mol. The molecule has 0 bridgehead atoms. The lowest BCUT2D eigenvalue weighted by Gasteiger charge is -2.21. The molecule has 8 nitrogen and oxygen atoms in total. The summed E-state index contributed by atoms with van der Waals surface area (Å²) in [5, 5.41) is 20.2. The molecule has 8 heteroatoms. The number of ether oxygens (including phenoxy) is 1. The van der Waals surface area contributed by atoms with E-state index in [9.17, 15) is 19.5 Å². The maximum atomic E-state index is 11.7. The fraction of sp³-hybridized carbons (Fsp3) is 0.750. The van der Waals surface area contributed by atoms with E-state index in [4.69, 9.17) is 15.6 Å². The Hall–Kier alpha value is -1.67. The minimum atomic E-state index is -1.29. The molecule has 0 aromatic carbocycles. The zero-order chi connectivity index (χ0) is 15.7. The first kappa shape index (κ1) is 18.3. The van der Waals surface area contributed by atoms with Crippen LogP contribution < -0.4 is 11.1 Å². The van der Waals surface area contributed by atoms with Crippen LogP contribution in [0.1, 0.15) is 33.1 Å². The fourth-order valence-electron chi connectivity index (χ4n) is 1.32. The number of aliphatic hydroxyl groups is 1. The third-order valence-corrected chi connectivity index (χ3v) is 2.51. The molecule has 0 saturated carbocycles.